The Kier molecular flexibility index (Phi) is 5.23. The lowest BCUT2D eigenvalue weighted by atomic mass is 9.72. The van der Waals surface area contributed by atoms with E-state index in [1.807, 2.05) is 14.0 Å². The van der Waals surface area contributed by atoms with Crippen LogP contribution in [0.25, 0.3) is 0 Å². The first-order valence-corrected chi connectivity index (χ1v) is 8.90. The van der Waals surface area contributed by atoms with Gasteiger partial charge in [-0.25, -0.2) is 0 Å². The van der Waals surface area contributed by atoms with Crippen molar-refractivity contribution in [2.24, 2.45) is 7.05 Å². The maximum absolute atomic E-state index is 12.5. The van der Waals surface area contributed by atoms with E-state index in [1.54, 1.807) is 10.9 Å². The number of rotatable bonds is 5. The van der Waals surface area contributed by atoms with E-state index in [4.69, 9.17) is 4.74 Å². The molecule has 2 aromatic rings. The van der Waals surface area contributed by atoms with Gasteiger partial charge in [0.05, 0.1) is 12.6 Å². The number of carbonyl (C=O) groups excluding carboxylic acids is 1. The van der Waals surface area contributed by atoms with Gasteiger partial charge in [0.25, 0.3) is 0 Å². The van der Waals surface area contributed by atoms with Gasteiger partial charge in [-0.05, 0) is 37.8 Å². The first-order valence-electron chi connectivity index (χ1n) is 8.90. The molecule has 1 N–H and O–H groups in total. The second kappa shape index (κ2) is 7.40. The van der Waals surface area contributed by atoms with Crippen molar-refractivity contribution in [3.05, 3.63) is 52.8 Å². The maximum atomic E-state index is 12.5. The van der Waals surface area contributed by atoms with E-state index in [0.29, 0.717) is 13.0 Å². The molecule has 1 amide bonds. The Hall–Kier alpha value is -2.14. The molecule has 1 aromatic carbocycles. The number of aryl methyl sites for hydroxylation is 2. The molecule has 0 unspecified atom stereocenters. The summed E-state index contributed by atoms with van der Waals surface area (Å²) in [4.78, 5) is 12.5. The molecule has 3 rings (SSSR count). The van der Waals surface area contributed by atoms with Crippen molar-refractivity contribution in [3.8, 4) is 0 Å². The van der Waals surface area contributed by atoms with Crippen molar-refractivity contribution in [1.29, 1.82) is 0 Å². The van der Waals surface area contributed by atoms with Crippen LogP contribution in [-0.4, -0.2) is 35.4 Å². The summed E-state index contributed by atoms with van der Waals surface area (Å²) in [6.45, 7) is 6.27. The number of carbonyl (C=O) groups is 1. The van der Waals surface area contributed by atoms with E-state index in [1.165, 1.54) is 11.1 Å². The van der Waals surface area contributed by atoms with Crippen LogP contribution < -0.4 is 5.32 Å². The van der Waals surface area contributed by atoms with Crippen molar-refractivity contribution in [2.45, 2.75) is 38.5 Å². The van der Waals surface area contributed by atoms with E-state index in [0.717, 1.165) is 37.3 Å². The quantitative estimate of drug-likeness (QED) is 0.909. The van der Waals surface area contributed by atoms with Gasteiger partial charge in [-0.15, -0.1) is 0 Å². The van der Waals surface area contributed by atoms with Crippen molar-refractivity contribution < 1.29 is 9.53 Å². The minimum absolute atomic E-state index is 0.0385. The van der Waals surface area contributed by atoms with E-state index >= 15 is 0 Å². The molecule has 5 heteroatoms. The number of hydrogen-bond donors (Lipinski definition) is 1. The normalized spacial score (nSPS) is 16.6. The average molecular weight is 341 g/mol. The zero-order valence-corrected chi connectivity index (χ0v) is 15.3. The van der Waals surface area contributed by atoms with E-state index < -0.39 is 0 Å². The van der Waals surface area contributed by atoms with E-state index in [2.05, 4.69) is 41.6 Å². The molecule has 25 heavy (non-hydrogen) atoms. The minimum atomic E-state index is -0.0385. The predicted molar refractivity (Wildman–Crippen MR) is 97.6 cm³/mol. The molecule has 1 saturated heterocycles. The number of nitrogens with one attached hydrogen (secondary N) is 1. The summed E-state index contributed by atoms with van der Waals surface area (Å²) in [6, 6.07) is 8.49. The standard InChI is InChI=1S/C20H27N3O2/c1-15-6-4-5-7-18(15)20(8-10-25-11-9-20)14-21-19(24)12-17-13-22-23(3)16(17)2/h4-7,13H,8-12,14H2,1-3H3,(H,21,24). The van der Waals surface area contributed by atoms with Gasteiger partial charge < -0.3 is 10.1 Å². The van der Waals surface area contributed by atoms with Gasteiger partial charge in [-0.2, -0.15) is 5.10 Å². The number of benzene rings is 1. The number of hydrogen-bond acceptors (Lipinski definition) is 3. The lowest BCUT2D eigenvalue weighted by Crippen LogP contribution is -2.45. The Bertz CT molecular complexity index is 745. The third kappa shape index (κ3) is 3.76. The second-order valence-electron chi connectivity index (χ2n) is 7.04. The zero-order chi connectivity index (χ0) is 17.9. The van der Waals surface area contributed by atoms with Gasteiger partial charge in [0, 0.05) is 43.5 Å². The van der Waals surface area contributed by atoms with Crippen molar-refractivity contribution >= 4 is 5.91 Å². The Labute approximate surface area is 149 Å². The van der Waals surface area contributed by atoms with Crippen LogP contribution in [0, 0.1) is 13.8 Å². The molecule has 1 aromatic heterocycles. The Balaban J connectivity index is 1.72. The molecule has 0 bridgehead atoms. The summed E-state index contributed by atoms with van der Waals surface area (Å²) in [7, 11) is 1.89. The molecular weight excluding hydrogens is 314 g/mol. The molecule has 2 heterocycles. The summed E-state index contributed by atoms with van der Waals surface area (Å²) >= 11 is 0. The van der Waals surface area contributed by atoms with E-state index in [9.17, 15) is 4.79 Å². The molecule has 0 saturated carbocycles. The fourth-order valence-corrected chi connectivity index (χ4v) is 3.69. The molecule has 0 radical (unpaired) electrons. The van der Waals surface area contributed by atoms with Crippen LogP contribution in [0.2, 0.25) is 0 Å². The number of nitrogens with zero attached hydrogens (tertiary/aromatic N) is 2. The van der Waals surface area contributed by atoms with Gasteiger partial charge in [0.2, 0.25) is 5.91 Å². The maximum Gasteiger partial charge on any atom is 0.224 e. The first-order chi connectivity index (χ1) is 12.0. The monoisotopic (exact) mass is 341 g/mol. The highest BCUT2D eigenvalue weighted by Crippen LogP contribution is 2.36. The summed E-state index contributed by atoms with van der Waals surface area (Å²) < 4.78 is 7.38. The Morgan fingerprint density at radius 1 is 1.28 bits per heavy atom. The zero-order valence-electron chi connectivity index (χ0n) is 15.3. The summed E-state index contributed by atoms with van der Waals surface area (Å²) in [6.07, 6.45) is 4.02. The van der Waals surface area contributed by atoms with Crippen LogP contribution in [0.5, 0.6) is 0 Å². The summed E-state index contributed by atoms with van der Waals surface area (Å²) in [5.41, 5.74) is 4.59. The fraction of sp³-hybridized carbons (Fsp3) is 0.500. The third-order valence-electron chi connectivity index (χ3n) is 5.48. The molecule has 0 atom stereocenters. The van der Waals surface area contributed by atoms with Gasteiger partial charge in [-0.3, -0.25) is 9.48 Å². The molecule has 0 aliphatic carbocycles. The van der Waals surface area contributed by atoms with Gasteiger partial charge in [0.1, 0.15) is 0 Å². The van der Waals surface area contributed by atoms with E-state index in [-0.39, 0.29) is 11.3 Å². The molecule has 1 aliphatic heterocycles. The molecule has 0 spiro atoms. The number of ether oxygens (including phenoxy) is 1. The molecule has 5 nitrogen and oxygen atoms in total. The fourth-order valence-electron chi connectivity index (χ4n) is 3.69. The molecule has 1 aliphatic rings. The van der Waals surface area contributed by atoms with Crippen LogP contribution in [0.1, 0.15) is 35.2 Å². The highest BCUT2D eigenvalue weighted by molar-refractivity contribution is 5.78. The lowest BCUT2D eigenvalue weighted by Gasteiger charge is -2.39. The average Bonchev–Trinajstić information content (AvgIpc) is 2.93. The van der Waals surface area contributed by atoms with Crippen molar-refractivity contribution in [2.75, 3.05) is 19.8 Å². The van der Waals surface area contributed by atoms with Gasteiger partial charge >= 0.3 is 0 Å². The predicted octanol–water partition coefficient (Wildman–Crippen LogP) is 2.44. The first kappa shape index (κ1) is 17.7. The van der Waals surface area contributed by atoms with Crippen LogP contribution in [-0.2, 0) is 28.4 Å². The largest absolute Gasteiger partial charge is 0.381 e. The summed E-state index contributed by atoms with van der Waals surface area (Å²) in [5, 5.41) is 7.38. The van der Waals surface area contributed by atoms with Crippen molar-refractivity contribution in [3.63, 3.8) is 0 Å². The number of aromatic nitrogens is 2. The number of amides is 1. The SMILES string of the molecule is Cc1ccccc1C1(CNC(=O)Cc2cnn(C)c2C)CCOCC1. The van der Waals surface area contributed by atoms with Gasteiger partial charge in [-0.1, -0.05) is 24.3 Å². The Morgan fingerprint density at radius 2 is 2.00 bits per heavy atom. The molecule has 134 valence electrons. The van der Waals surface area contributed by atoms with Crippen LogP contribution in [0.4, 0.5) is 0 Å². The minimum Gasteiger partial charge on any atom is -0.381 e. The van der Waals surface area contributed by atoms with Gasteiger partial charge in [0.15, 0.2) is 0 Å². The smallest absolute Gasteiger partial charge is 0.224 e. The molecular formula is C20H27N3O2. The van der Waals surface area contributed by atoms with Crippen molar-refractivity contribution in [1.82, 2.24) is 15.1 Å². The molecule has 1 fully saturated rings. The van der Waals surface area contributed by atoms with Crippen LogP contribution in [0.3, 0.4) is 0 Å². The second-order valence-corrected chi connectivity index (χ2v) is 7.04. The Morgan fingerprint density at radius 3 is 2.64 bits per heavy atom. The third-order valence-corrected chi connectivity index (χ3v) is 5.48. The lowest BCUT2D eigenvalue weighted by molar-refractivity contribution is -0.121. The van der Waals surface area contributed by atoms with Crippen LogP contribution >= 0.6 is 0 Å². The topological polar surface area (TPSA) is 56.2 Å². The van der Waals surface area contributed by atoms with Crippen LogP contribution in [0.15, 0.2) is 30.5 Å². The summed E-state index contributed by atoms with van der Waals surface area (Å²) in [5.74, 6) is 0.0514. The highest BCUT2D eigenvalue weighted by atomic mass is 16.5. The highest BCUT2D eigenvalue weighted by Gasteiger charge is 2.35.